The molecule has 0 aromatic heterocycles. The Morgan fingerprint density at radius 1 is 1.00 bits per heavy atom. The van der Waals surface area contributed by atoms with Crippen LogP contribution in [-0.4, -0.2) is 24.5 Å². The van der Waals surface area contributed by atoms with Crippen LogP contribution in [-0.2, 0) is 21.9 Å². The summed E-state index contributed by atoms with van der Waals surface area (Å²) in [5, 5.41) is 1.97. The molecule has 10 heteroatoms. The fraction of sp³-hybridized carbons (Fsp3) is 0.579. The molecule has 0 aliphatic carbocycles. The molecule has 0 spiro atoms. The van der Waals surface area contributed by atoms with Gasteiger partial charge >= 0.3 is 18.3 Å². The maximum atomic E-state index is 13.1. The van der Waals surface area contributed by atoms with Gasteiger partial charge in [-0.2, -0.15) is 26.3 Å². The quantitative estimate of drug-likeness (QED) is 0.328. The zero-order chi connectivity index (χ0) is 22.2. The van der Waals surface area contributed by atoms with Crippen molar-refractivity contribution in [1.82, 2.24) is 5.32 Å². The Balaban J connectivity index is 2.82. The number of carbonyl (C=O) groups is 2. The van der Waals surface area contributed by atoms with E-state index in [0.717, 1.165) is 25.7 Å². The minimum Gasteiger partial charge on any atom is -0.464 e. The van der Waals surface area contributed by atoms with Gasteiger partial charge < -0.3 is 10.1 Å². The lowest BCUT2D eigenvalue weighted by molar-refractivity contribution is -0.145. The van der Waals surface area contributed by atoms with Crippen LogP contribution in [0.3, 0.4) is 0 Å². The topological polar surface area (TPSA) is 55.4 Å². The lowest BCUT2D eigenvalue weighted by Gasteiger charge is -2.18. The Hall–Kier alpha value is -2.26. The zero-order valence-electron chi connectivity index (χ0n) is 16.0. The highest BCUT2D eigenvalue weighted by Crippen LogP contribution is 2.36. The number of benzene rings is 1. The van der Waals surface area contributed by atoms with E-state index in [9.17, 15) is 35.9 Å². The highest BCUT2D eigenvalue weighted by molar-refractivity contribution is 5.98. The molecule has 0 aliphatic heterocycles. The number of amides is 1. The number of halogens is 6. The smallest absolute Gasteiger partial charge is 0.417 e. The van der Waals surface area contributed by atoms with E-state index >= 15 is 0 Å². The molecular weight excluding hydrogens is 404 g/mol. The number of ether oxygens (including phenoxy) is 1. The molecule has 1 aromatic carbocycles. The number of hydrogen-bond donors (Lipinski definition) is 1. The van der Waals surface area contributed by atoms with E-state index in [1.54, 1.807) is 0 Å². The van der Waals surface area contributed by atoms with Crippen LogP contribution in [0.25, 0.3) is 0 Å². The number of carbonyl (C=O) groups excluding carboxylic acids is 2. The summed E-state index contributed by atoms with van der Waals surface area (Å²) in [7, 11) is 0. The van der Waals surface area contributed by atoms with Gasteiger partial charge in [0.1, 0.15) is 6.04 Å². The molecule has 0 aliphatic rings. The van der Waals surface area contributed by atoms with Gasteiger partial charge in [-0.3, -0.25) is 4.79 Å². The first-order valence-corrected chi connectivity index (χ1v) is 9.13. The molecule has 1 N–H and O–H groups in total. The van der Waals surface area contributed by atoms with Crippen LogP contribution in [0, 0.1) is 0 Å². The van der Waals surface area contributed by atoms with Crippen LogP contribution < -0.4 is 5.32 Å². The third-order valence-corrected chi connectivity index (χ3v) is 4.09. The molecule has 0 bridgehead atoms. The van der Waals surface area contributed by atoms with E-state index in [1.807, 2.05) is 12.2 Å². The summed E-state index contributed by atoms with van der Waals surface area (Å²) >= 11 is 0. The fourth-order valence-electron chi connectivity index (χ4n) is 2.49. The van der Waals surface area contributed by atoms with E-state index in [0.29, 0.717) is 6.42 Å². The molecule has 1 unspecified atom stereocenters. The summed E-state index contributed by atoms with van der Waals surface area (Å²) in [5.41, 5.74) is -4.15. The molecular formula is C19H23F6NO3. The van der Waals surface area contributed by atoms with Crippen molar-refractivity contribution in [3.63, 3.8) is 0 Å². The van der Waals surface area contributed by atoms with Gasteiger partial charge in [0.15, 0.2) is 0 Å². The van der Waals surface area contributed by atoms with Crippen LogP contribution in [0.5, 0.6) is 0 Å². The van der Waals surface area contributed by atoms with Gasteiger partial charge in [-0.1, -0.05) is 32.6 Å². The van der Waals surface area contributed by atoms with Crippen molar-refractivity contribution in [2.75, 3.05) is 6.61 Å². The summed E-state index contributed by atoms with van der Waals surface area (Å²) in [6, 6.07) is -0.773. The highest BCUT2D eigenvalue weighted by atomic mass is 19.4. The number of hydrogen-bond acceptors (Lipinski definition) is 3. The standard InChI is InChI=1S/C19H23F6NO3/c1-3-4-5-6-7-10-29-17(28)12(2)26-16(27)14-11-13(18(20,21)22)8-9-15(14)19(23,24)25/h8-9,11-12H,3-7,10H2,1-2H3,(H,26,27). The van der Waals surface area contributed by atoms with Gasteiger partial charge in [-0.15, -0.1) is 0 Å². The first kappa shape index (κ1) is 24.8. The fourth-order valence-corrected chi connectivity index (χ4v) is 2.49. The molecule has 0 saturated carbocycles. The Kier molecular flexibility index (Phi) is 8.97. The second-order valence-corrected chi connectivity index (χ2v) is 6.53. The molecule has 0 saturated heterocycles. The van der Waals surface area contributed by atoms with E-state index < -0.39 is 47.0 Å². The lowest BCUT2D eigenvalue weighted by atomic mass is 10.0. The van der Waals surface area contributed by atoms with Crippen LogP contribution in [0.2, 0.25) is 0 Å². The summed E-state index contributed by atoms with van der Waals surface area (Å²) < 4.78 is 82.6. The van der Waals surface area contributed by atoms with Gasteiger partial charge in [0, 0.05) is 0 Å². The number of rotatable bonds is 9. The van der Waals surface area contributed by atoms with Gasteiger partial charge in [0.25, 0.3) is 5.91 Å². The number of nitrogens with one attached hydrogen (secondary N) is 1. The van der Waals surface area contributed by atoms with Crippen LogP contribution in [0.1, 0.15) is 67.4 Å². The predicted molar refractivity (Wildman–Crippen MR) is 93.1 cm³/mol. The average Bonchev–Trinajstić information content (AvgIpc) is 2.62. The maximum absolute atomic E-state index is 13.1. The van der Waals surface area contributed by atoms with Gasteiger partial charge in [0.05, 0.1) is 23.3 Å². The molecule has 0 fully saturated rings. The monoisotopic (exact) mass is 427 g/mol. The van der Waals surface area contributed by atoms with Crippen LogP contribution in [0.4, 0.5) is 26.3 Å². The molecule has 1 amide bonds. The van der Waals surface area contributed by atoms with Crippen molar-refractivity contribution in [3.8, 4) is 0 Å². The molecule has 0 heterocycles. The van der Waals surface area contributed by atoms with Crippen LogP contribution in [0.15, 0.2) is 18.2 Å². The Morgan fingerprint density at radius 2 is 1.62 bits per heavy atom. The molecule has 1 aromatic rings. The Morgan fingerprint density at radius 3 is 2.17 bits per heavy atom. The Bertz CT molecular complexity index is 700. The molecule has 1 rings (SSSR count). The first-order valence-electron chi connectivity index (χ1n) is 9.13. The van der Waals surface area contributed by atoms with E-state index in [-0.39, 0.29) is 24.8 Å². The zero-order valence-corrected chi connectivity index (χ0v) is 16.0. The van der Waals surface area contributed by atoms with Crippen molar-refractivity contribution >= 4 is 11.9 Å². The third-order valence-electron chi connectivity index (χ3n) is 4.09. The first-order chi connectivity index (χ1) is 13.4. The van der Waals surface area contributed by atoms with Crippen molar-refractivity contribution in [2.45, 2.75) is 64.3 Å². The minimum absolute atomic E-state index is 0.0835. The maximum Gasteiger partial charge on any atom is 0.417 e. The van der Waals surface area contributed by atoms with Gasteiger partial charge in [0.2, 0.25) is 0 Å². The minimum atomic E-state index is -5.04. The number of alkyl halides is 6. The van der Waals surface area contributed by atoms with E-state index in [2.05, 4.69) is 0 Å². The summed E-state index contributed by atoms with van der Waals surface area (Å²) in [5.74, 6) is -2.33. The van der Waals surface area contributed by atoms with Gasteiger partial charge in [-0.25, -0.2) is 4.79 Å². The largest absolute Gasteiger partial charge is 0.464 e. The molecule has 164 valence electrons. The predicted octanol–water partition coefficient (Wildman–Crippen LogP) is 5.36. The second-order valence-electron chi connectivity index (χ2n) is 6.53. The number of esters is 1. The Labute approximate surface area is 164 Å². The summed E-state index contributed by atoms with van der Waals surface area (Å²) in [4.78, 5) is 24.0. The molecule has 4 nitrogen and oxygen atoms in total. The normalized spacial score (nSPS) is 13.1. The van der Waals surface area contributed by atoms with Crippen LogP contribution >= 0.6 is 0 Å². The van der Waals surface area contributed by atoms with Crippen molar-refractivity contribution in [1.29, 1.82) is 0 Å². The summed E-state index contributed by atoms with van der Waals surface area (Å²) in [6.07, 6.45) is -5.49. The summed E-state index contributed by atoms with van der Waals surface area (Å²) in [6.45, 7) is 3.30. The van der Waals surface area contributed by atoms with E-state index in [4.69, 9.17) is 4.74 Å². The molecule has 29 heavy (non-hydrogen) atoms. The molecule has 1 atom stereocenters. The lowest BCUT2D eigenvalue weighted by Crippen LogP contribution is -2.40. The highest BCUT2D eigenvalue weighted by Gasteiger charge is 2.39. The SMILES string of the molecule is CCCCCCCOC(=O)C(C)NC(=O)c1cc(C(F)(F)F)ccc1C(F)(F)F. The van der Waals surface area contributed by atoms with Crippen molar-refractivity contribution < 1.29 is 40.7 Å². The van der Waals surface area contributed by atoms with Crippen molar-refractivity contribution in [2.24, 2.45) is 0 Å². The number of unbranched alkanes of at least 4 members (excludes halogenated alkanes) is 4. The second kappa shape index (κ2) is 10.5. The average molecular weight is 427 g/mol. The third kappa shape index (κ3) is 7.94. The van der Waals surface area contributed by atoms with Crippen molar-refractivity contribution in [3.05, 3.63) is 34.9 Å². The van der Waals surface area contributed by atoms with E-state index in [1.165, 1.54) is 6.92 Å². The van der Waals surface area contributed by atoms with Gasteiger partial charge in [-0.05, 0) is 31.5 Å². The molecule has 0 radical (unpaired) electrons.